The van der Waals surface area contributed by atoms with Crippen molar-refractivity contribution < 1.29 is 9.53 Å². The first-order valence-electron chi connectivity index (χ1n) is 19.5. The fraction of sp³-hybridized carbons (Fsp3) is 0.786. The number of esters is 1. The molecule has 1 unspecified atom stereocenters. The molecule has 0 radical (unpaired) electrons. The molecule has 2 nitrogen and oxygen atoms in total. The van der Waals surface area contributed by atoms with E-state index >= 15 is 0 Å². The Labute approximate surface area is 275 Å². The maximum Gasteiger partial charge on any atom is 0.309 e. The van der Waals surface area contributed by atoms with E-state index in [2.05, 4.69) is 62.5 Å². The van der Waals surface area contributed by atoms with Crippen LogP contribution in [0.25, 0.3) is 0 Å². The molecule has 1 fully saturated rings. The summed E-state index contributed by atoms with van der Waals surface area (Å²) in [5.41, 5.74) is 0.261. The lowest BCUT2D eigenvalue weighted by Gasteiger charge is -2.17. The summed E-state index contributed by atoms with van der Waals surface area (Å²) in [5.74, 6) is 0.256. The SMILES string of the molecule is CCCCC/C=C\C/C=C\CCCCCCCCC1(CCCCCCCC/C=C\C/C=C\CCCCC)CC1C(=O)OCC. The van der Waals surface area contributed by atoms with E-state index in [4.69, 9.17) is 4.74 Å². The third-order valence-corrected chi connectivity index (χ3v) is 9.51. The number of carbonyl (C=O) groups is 1. The molecule has 0 heterocycles. The molecule has 0 N–H and O–H groups in total. The second-order valence-electron chi connectivity index (χ2n) is 13.5. The molecule has 0 aromatic heterocycles. The van der Waals surface area contributed by atoms with Crippen LogP contribution in [0.5, 0.6) is 0 Å². The van der Waals surface area contributed by atoms with Crippen LogP contribution < -0.4 is 0 Å². The number of unbranched alkanes of at least 4 members (excludes halogenated alkanes) is 18. The Morgan fingerprint density at radius 2 is 0.886 bits per heavy atom. The fourth-order valence-electron chi connectivity index (χ4n) is 6.53. The number of ether oxygens (including phenoxy) is 1. The Morgan fingerprint density at radius 1 is 0.523 bits per heavy atom. The van der Waals surface area contributed by atoms with Crippen LogP contribution in [-0.2, 0) is 9.53 Å². The topological polar surface area (TPSA) is 26.3 Å². The maximum absolute atomic E-state index is 12.5. The summed E-state index contributed by atoms with van der Waals surface area (Å²) in [6.07, 6.45) is 53.3. The van der Waals surface area contributed by atoms with Crippen molar-refractivity contribution in [1.82, 2.24) is 0 Å². The van der Waals surface area contributed by atoms with Gasteiger partial charge in [0, 0.05) is 0 Å². The minimum Gasteiger partial charge on any atom is -0.466 e. The molecule has 0 spiro atoms. The van der Waals surface area contributed by atoms with Crippen LogP contribution in [0.2, 0.25) is 0 Å². The third kappa shape index (κ3) is 22.9. The van der Waals surface area contributed by atoms with Crippen LogP contribution in [0.4, 0.5) is 0 Å². The van der Waals surface area contributed by atoms with Gasteiger partial charge in [0.2, 0.25) is 0 Å². The Balaban J connectivity index is 2.08. The van der Waals surface area contributed by atoms with Gasteiger partial charge in [-0.15, -0.1) is 0 Å². The van der Waals surface area contributed by atoms with Gasteiger partial charge < -0.3 is 4.74 Å². The number of hydrogen-bond acceptors (Lipinski definition) is 2. The van der Waals surface area contributed by atoms with Crippen LogP contribution in [0.15, 0.2) is 48.6 Å². The number of hydrogen-bond donors (Lipinski definition) is 0. The van der Waals surface area contributed by atoms with Crippen molar-refractivity contribution in [2.45, 2.75) is 194 Å². The minimum atomic E-state index is 0.0765. The van der Waals surface area contributed by atoms with Gasteiger partial charge in [0.1, 0.15) is 0 Å². The summed E-state index contributed by atoms with van der Waals surface area (Å²) in [7, 11) is 0. The zero-order valence-corrected chi connectivity index (χ0v) is 29.8. The van der Waals surface area contributed by atoms with Gasteiger partial charge in [-0.2, -0.15) is 0 Å². The standard InChI is InChI=1S/C42H74O2/c1-4-7-9-11-13-15-17-19-21-23-25-27-29-31-33-35-37-42(39-40(42)41(43)44-6-3)38-36-34-32-30-28-26-24-22-20-18-16-14-12-10-8-5-2/h13-16,19-22,40H,4-12,17-18,23-39H2,1-3H3/b15-13-,16-14-,21-19-,22-20-. The van der Waals surface area contributed by atoms with E-state index < -0.39 is 0 Å². The van der Waals surface area contributed by atoms with Gasteiger partial charge >= 0.3 is 5.97 Å². The maximum atomic E-state index is 12.5. The quantitative estimate of drug-likeness (QED) is 0.0430. The molecule has 1 saturated carbocycles. The molecule has 44 heavy (non-hydrogen) atoms. The third-order valence-electron chi connectivity index (χ3n) is 9.51. The molecule has 0 saturated heterocycles. The van der Waals surface area contributed by atoms with Crippen molar-refractivity contribution in [2.24, 2.45) is 11.3 Å². The van der Waals surface area contributed by atoms with E-state index in [9.17, 15) is 4.79 Å². The van der Waals surface area contributed by atoms with Crippen LogP contribution in [-0.4, -0.2) is 12.6 Å². The summed E-state index contributed by atoms with van der Waals surface area (Å²) in [6, 6.07) is 0. The first-order chi connectivity index (χ1) is 21.7. The molecule has 1 rings (SSSR count). The predicted octanol–water partition coefficient (Wildman–Crippen LogP) is 14.0. The molecule has 254 valence electrons. The Morgan fingerprint density at radius 3 is 1.27 bits per heavy atom. The Hall–Kier alpha value is -1.57. The van der Waals surface area contributed by atoms with Crippen LogP contribution >= 0.6 is 0 Å². The summed E-state index contributed by atoms with van der Waals surface area (Å²) in [6.45, 7) is 6.98. The molecule has 2 heteroatoms. The first kappa shape index (κ1) is 40.5. The van der Waals surface area contributed by atoms with Gasteiger partial charge in [-0.05, 0) is 95.8 Å². The Kier molecular flexibility index (Phi) is 27.7. The zero-order valence-electron chi connectivity index (χ0n) is 29.8. The van der Waals surface area contributed by atoms with Gasteiger partial charge in [-0.25, -0.2) is 0 Å². The lowest BCUT2D eigenvalue weighted by Crippen LogP contribution is -2.14. The van der Waals surface area contributed by atoms with Gasteiger partial charge in [0.25, 0.3) is 0 Å². The highest BCUT2D eigenvalue weighted by Crippen LogP contribution is 2.60. The molecule has 1 atom stereocenters. The lowest BCUT2D eigenvalue weighted by atomic mass is 9.89. The van der Waals surface area contributed by atoms with E-state index in [0.717, 1.165) is 19.3 Å². The number of rotatable bonds is 32. The monoisotopic (exact) mass is 611 g/mol. The molecule has 1 aliphatic carbocycles. The summed E-state index contributed by atoms with van der Waals surface area (Å²) in [4.78, 5) is 12.5. The number of allylic oxidation sites excluding steroid dienone is 8. The van der Waals surface area contributed by atoms with Gasteiger partial charge in [0.05, 0.1) is 12.5 Å². The second-order valence-corrected chi connectivity index (χ2v) is 13.5. The molecule has 1 aliphatic rings. The summed E-state index contributed by atoms with van der Waals surface area (Å²) >= 11 is 0. The average molecular weight is 611 g/mol. The predicted molar refractivity (Wildman–Crippen MR) is 195 cm³/mol. The molecular weight excluding hydrogens is 536 g/mol. The zero-order chi connectivity index (χ0) is 31.8. The summed E-state index contributed by atoms with van der Waals surface area (Å²) in [5, 5.41) is 0. The van der Waals surface area contributed by atoms with Crippen LogP contribution in [0.1, 0.15) is 194 Å². The first-order valence-corrected chi connectivity index (χ1v) is 19.5. The van der Waals surface area contributed by atoms with Crippen molar-refractivity contribution >= 4 is 5.97 Å². The Bertz CT molecular complexity index is 710. The average Bonchev–Trinajstić information content (AvgIpc) is 3.75. The molecular formula is C42H74O2. The van der Waals surface area contributed by atoms with Crippen LogP contribution in [0, 0.1) is 11.3 Å². The van der Waals surface area contributed by atoms with Gasteiger partial charge in [0.15, 0.2) is 0 Å². The summed E-state index contributed by atoms with van der Waals surface area (Å²) < 4.78 is 5.43. The smallest absolute Gasteiger partial charge is 0.309 e. The highest BCUT2D eigenvalue weighted by atomic mass is 16.5. The van der Waals surface area contributed by atoms with E-state index in [-0.39, 0.29) is 17.3 Å². The van der Waals surface area contributed by atoms with Crippen LogP contribution in [0.3, 0.4) is 0 Å². The molecule has 0 aromatic carbocycles. The van der Waals surface area contributed by atoms with Crippen molar-refractivity contribution in [2.75, 3.05) is 6.61 Å². The van der Waals surface area contributed by atoms with Crippen molar-refractivity contribution in [3.8, 4) is 0 Å². The van der Waals surface area contributed by atoms with E-state index in [0.29, 0.717) is 6.61 Å². The lowest BCUT2D eigenvalue weighted by molar-refractivity contribution is -0.145. The number of carbonyl (C=O) groups excluding carboxylic acids is 1. The molecule has 0 amide bonds. The largest absolute Gasteiger partial charge is 0.466 e. The van der Waals surface area contributed by atoms with Gasteiger partial charge in [-0.1, -0.05) is 152 Å². The van der Waals surface area contributed by atoms with Crippen molar-refractivity contribution in [3.05, 3.63) is 48.6 Å². The van der Waals surface area contributed by atoms with Gasteiger partial charge in [-0.3, -0.25) is 4.79 Å². The normalized spacial score (nSPS) is 16.3. The highest BCUT2D eigenvalue weighted by Gasteiger charge is 2.57. The molecule has 0 aliphatic heterocycles. The molecule has 0 bridgehead atoms. The molecule has 0 aromatic rings. The fourth-order valence-corrected chi connectivity index (χ4v) is 6.53. The highest BCUT2D eigenvalue weighted by molar-refractivity contribution is 5.76. The minimum absolute atomic E-state index is 0.0765. The van der Waals surface area contributed by atoms with Crippen molar-refractivity contribution in [1.29, 1.82) is 0 Å². The van der Waals surface area contributed by atoms with E-state index in [1.54, 1.807) is 0 Å². The second kappa shape index (κ2) is 30.1. The van der Waals surface area contributed by atoms with E-state index in [1.807, 2.05) is 6.92 Å². The van der Waals surface area contributed by atoms with E-state index in [1.165, 1.54) is 154 Å². The van der Waals surface area contributed by atoms with Crippen molar-refractivity contribution in [3.63, 3.8) is 0 Å².